The van der Waals surface area contributed by atoms with E-state index in [2.05, 4.69) is 0 Å². The third-order valence-corrected chi connectivity index (χ3v) is 5.45. The zero-order chi connectivity index (χ0) is 24.1. The van der Waals surface area contributed by atoms with E-state index in [9.17, 15) is 19.8 Å². The van der Waals surface area contributed by atoms with Crippen molar-refractivity contribution >= 4 is 17.4 Å². The van der Waals surface area contributed by atoms with Gasteiger partial charge in [-0.15, -0.1) is 0 Å². The Morgan fingerprint density at radius 2 is 1.82 bits per heavy atom. The summed E-state index contributed by atoms with van der Waals surface area (Å²) in [5, 5.41) is 21.1. The molecule has 0 radical (unpaired) electrons. The van der Waals surface area contributed by atoms with Crippen molar-refractivity contribution in [2.75, 3.05) is 40.9 Å². The summed E-state index contributed by atoms with van der Waals surface area (Å²) < 4.78 is 10.8. The van der Waals surface area contributed by atoms with Crippen molar-refractivity contribution in [3.63, 3.8) is 0 Å². The third kappa shape index (κ3) is 5.12. The second kappa shape index (κ2) is 10.4. The molecule has 2 aromatic rings. The first-order chi connectivity index (χ1) is 15.8. The molecule has 1 aliphatic heterocycles. The SMILES string of the molecule is CCCOc1ccc(/C(O)=C2\C(=O)C(=O)N(CCN(C)C)[C@H]2c2ccc(O)c(OC)c2)cc1. The number of phenolic OH excluding ortho intramolecular Hbond substituents is 1. The maximum atomic E-state index is 13.1. The van der Waals surface area contributed by atoms with E-state index in [0.29, 0.717) is 30.0 Å². The van der Waals surface area contributed by atoms with Crippen LogP contribution in [0.3, 0.4) is 0 Å². The van der Waals surface area contributed by atoms with Crippen molar-refractivity contribution in [3.8, 4) is 17.2 Å². The van der Waals surface area contributed by atoms with Crippen LogP contribution in [0.1, 0.15) is 30.5 Å². The average molecular weight is 455 g/mol. The number of ether oxygens (including phenoxy) is 2. The Labute approximate surface area is 193 Å². The van der Waals surface area contributed by atoms with Gasteiger partial charge in [0, 0.05) is 18.7 Å². The molecule has 1 fully saturated rings. The van der Waals surface area contributed by atoms with Crippen molar-refractivity contribution in [2.24, 2.45) is 0 Å². The molecule has 0 aromatic heterocycles. The number of Topliss-reactive ketones (excluding diaryl/α,β-unsaturated/α-hetero) is 1. The van der Waals surface area contributed by atoms with E-state index < -0.39 is 17.7 Å². The maximum Gasteiger partial charge on any atom is 0.295 e. The highest BCUT2D eigenvalue weighted by Gasteiger charge is 2.46. The third-order valence-electron chi connectivity index (χ3n) is 5.45. The van der Waals surface area contributed by atoms with Crippen LogP contribution in [-0.2, 0) is 9.59 Å². The molecule has 0 aliphatic carbocycles. The fourth-order valence-electron chi connectivity index (χ4n) is 3.71. The summed E-state index contributed by atoms with van der Waals surface area (Å²) in [5.74, 6) is -0.898. The molecule has 33 heavy (non-hydrogen) atoms. The summed E-state index contributed by atoms with van der Waals surface area (Å²) in [4.78, 5) is 29.4. The van der Waals surface area contributed by atoms with Gasteiger partial charge in [0.15, 0.2) is 11.5 Å². The highest BCUT2D eigenvalue weighted by atomic mass is 16.5. The lowest BCUT2D eigenvalue weighted by atomic mass is 9.95. The van der Waals surface area contributed by atoms with Gasteiger partial charge in [0.2, 0.25) is 0 Å². The molecule has 0 spiro atoms. The highest BCUT2D eigenvalue weighted by molar-refractivity contribution is 6.46. The van der Waals surface area contributed by atoms with Gasteiger partial charge in [-0.1, -0.05) is 13.0 Å². The molecule has 1 saturated heterocycles. The second-order valence-electron chi connectivity index (χ2n) is 8.10. The van der Waals surface area contributed by atoms with E-state index in [1.165, 1.54) is 18.1 Å². The van der Waals surface area contributed by atoms with E-state index in [1.54, 1.807) is 36.4 Å². The number of hydrogen-bond donors (Lipinski definition) is 2. The minimum Gasteiger partial charge on any atom is -0.507 e. The van der Waals surface area contributed by atoms with E-state index in [1.807, 2.05) is 25.9 Å². The van der Waals surface area contributed by atoms with Gasteiger partial charge in [0.1, 0.15) is 11.5 Å². The lowest BCUT2D eigenvalue weighted by Crippen LogP contribution is -2.35. The zero-order valence-electron chi connectivity index (χ0n) is 19.4. The van der Waals surface area contributed by atoms with Gasteiger partial charge in [0.25, 0.3) is 11.7 Å². The van der Waals surface area contributed by atoms with Crippen molar-refractivity contribution in [1.82, 2.24) is 9.80 Å². The number of benzene rings is 2. The quantitative estimate of drug-likeness (QED) is 0.341. The number of phenols is 1. The molecule has 1 amide bonds. The van der Waals surface area contributed by atoms with Crippen LogP contribution >= 0.6 is 0 Å². The van der Waals surface area contributed by atoms with E-state index in [-0.39, 0.29) is 29.4 Å². The Kier molecular flexibility index (Phi) is 7.60. The molecule has 1 atom stereocenters. The van der Waals surface area contributed by atoms with Gasteiger partial charge in [0.05, 0.1) is 25.3 Å². The van der Waals surface area contributed by atoms with Crippen LogP contribution in [0.15, 0.2) is 48.0 Å². The molecule has 8 heteroatoms. The number of rotatable bonds is 9. The minimum atomic E-state index is -0.824. The maximum absolute atomic E-state index is 13.1. The van der Waals surface area contributed by atoms with Crippen LogP contribution < -0.4 is 9.47 Å². The number of carbonyl (C=O) groups excluding carboxylic acids is 2. The summed E-state index contributed by atoms with van der Waals surface area (Å²) >= 11 is 0. The van der Waals surface area contributed by atoms with E-state index in [4.69, 9.17) is 9.47 Å². The molecule has 1 heterocycles. The van der Waals surface area contributed by atoms with Gasteiger partial charge in [-0.3, -0.25) is 9.59 Å². The number of carbonyl (C=O) groups is 2. The Bertz CT molecular complexity index is 1050. The van der Waals surface area contributed by atoms with E-state index in [0.717, 1.165) is 6.42 Å². The number of aliphatic hydroxyl groups excluding tert-OH is 1. The number of methoxy groups -OCH3 is 1. The van der Waals surface area contributed by atoms with Crippen LogP contribution in [0.2, 0.25) is 0 Å². The van der Waals surface area contributed by atoms with Gasteiger partial charge < -0.3 is 29.5 Å². The number of ketones is 1. The summed E-state index contributed by atoms with van der Waals surface area (Å²) in [6.45, 7) is 3.40. The monoisotopic (exact) mass is 454 g/mol. The van der Waals surface area contributed by atoms with Crippen molar-refractivity contribution in [1.29, 1.82) is 0 Å². The van der Waals surface area contributed by atoms with Crippen molar-refractivity contribution in [2.45, 2.75) is 19.4 Å². The Morgan fingerprint density at radius 1 is 1.12 bits per heavy atom. The first-order valence-corrected chi connectivity index (χ1v) is 10.8. The summed E-state index contributed by atoms with van der Waals surface area (Å²) in [6.07, 6.45) is 0.869. The Hall–Kier alpha value is -3.52. The lowest BCUT2D eigenvalue weighted by molar-refractivity contribution is -0.140. The van der Waals surface area contributed by atoms with Gasteiger partial charge in [-0.2, -0.15) is 0 Å². The Morgan fingerprint density at radius 3 is 2.42 bits per heavy atom. The largest absolute Gasteiger partial charge is 0.507 e. The van der Waals surface area contributed by atoms with Crippen molar-refractivity contribution < 1.29 is 29.3 Å². The number of aromatic hydroxyl groups is 1. The van der Waals surface area contributed by atoms with Crippen LogP contribution in [0.5, 0.6) is 17.2 Å². The number of nitrogens with zero attached hydrogens (tertiary/aromatic N) is 2. The van der Waals surface area contributed by atoms with Crippen LogP contribution in [-0.4, -0.2) is 72.6 Å². The average Bonchev–Trinajstić information content (AvgIpc) is 3.06. The molecule has 8 nitrogen and oxygen atoms in total. The molecule has 176 valence electrons. The lowest BCUT2D eigenvalue weighted by Gasteiger charge is -2.27. The first-order valence-electron chi connectivity index (χ1n) is 10.8. The molecule has 3 rings (SSSR count). The van der Waals surface area contributed by atoms with Crippen LogP contribution in [0.25, 0.3) is 5.76 Å². The van der Waals surface area contributed by atoms with Crippen molar-refractivity contribution in [3.05, 3.63) is 59.2 Å². The summed E-state index contributed by atoms with van der Waals surface area (Å²) in [6, 6.07) is 10.5. The number of likely N-dealkylation sites (tertiary alicyclic amines) is 1. The molecular weight excluding hydrogens is 424 g/mol. The molecular formula is C25H30N2O6. The predicted octanol–water partition coefficient (Wildman–Crippen LogP) is 3.17. The standard InChI is InChI=1S/C25H30N2O6/c1-5-14-33-18-9-6-16(7-10-18)23(29)21-22(17-8-11-19(28)20(15-17)32-4)27(13-12-26(2)3)25(31)24(21)30/h6-11,15,22,28-29H,5,12-14H2,1-4H3/b23-21+/t22-/m0/s1. The zero-order valence-corrected chi connectivity index (χ0v) is 19.4. The number of hydrogen-bond acceptors (Lipinski definition) is 7. The smallest absolute Gasteiger partial charge is 0.295 e. The van der Waals surface area contributed by atoms with Gasteiger partial charge >= 0.3 is 0 Å². The second-order valence-corrected chi connectivity index (χ2v) is 8.10. The fraction of sp³-hybridized carbons (Fsp3) is 0.360. The Balaban J connectivity index is 2.09. The molecule has 0 bridgehead atoms. The summed E-state index contributed by atoms with van der Waals surface area (Å²) in [5.41, 5.74) is 0.945. The topological polar surface area (TPSA) is 99.5 Å². The molecule has 2 N–H and O–H groups in total. The number of likely N-dealkylation sites (N-methyl/N-ethyl adjacent to an activating group) is 1. The number of aliphatic hydroxyl groups is 1. The molecule has 0 unspecified atom stereocenters. The molecule has 2 aromatic carbocycles. The normalized spacial score (nSPS) is 17.6. The summed E-state index contributed by atoms with van der Waals surface area (Å²) in [7, 11) is 5.17. The fourth-order valence-corrected chi connectivity index (χ4v) is 3.71. The predicted molar refractivity (Wildman–Crippen MR) is 124 cm³/mol. The molecule has 0 saturated carbocycles. The first kappa shape index (κ1) is 24.1. The van der Waals surface area contributed by atoms with Gasteiger partial charge in [-0.25, -0.2) is 0 Å². The van der Waals surface area contributed by atoms with Crippen LogP contribution in [0.4, 0.5) is 0 Å². The number of amides is 1. The van der Waals surface area contributed by atoms with Gasteiger partial charge in [-0.05, 0) is 62.5 Å². The van der Waals surface area contributed by atoms with E-state index >= 15 is 0 Å². The van der Waals surface area contributed by atoms with Crippen LogP contribution in [0, 0.1) is 0 Å². The highest BCUT2D eigenvalue weighted by Crippen LogP contribution is 2.41. The molecule has 1 aliphatic rings. The minimum absolute atomic E-state index is 0.00581.